The van der Waals surface area contributed by atoms with Crippen molar-refractivity contribution in [3.05, 3.63) is 60.8 Å². The minimum absolute atomic E-state index is 0.884. The third-order valence-electron chi connectivity index (χ3n) is 3.52. The minimum Gasteiger partial charge on any atom is -0.264 e. The summed E-state index contributed by atoms with van der Waals surface area (Å²) in [5.74, 6) is 0. The molecule has 0 unspecified atom stereocenters. The summed E-state index contributed by atoms with van der Waals surface area (Å²) >= 11 is 0. The molecule has 0 saturated carbocycles. The van der Waals surface area contributed by atoms with Gasteiger partial charge in [0.1, 0.15) is 0 Å². The summed E-state index contributed by atoms with van der Waals surface area (Å²) in [5, 5.41) is 6.83. The largest absolute Gasteiger partial charge is 0.264 e. The van der Waals surface area contributed by atoms with Crippen LogP contribution in [0.4, 0.5) is 0 Å². The fourth-order valence-corrected chi connectivity index (χ4v) is 2.65. The summed E-state index contributed by atoms with van der Waals surface area (Å²) in [6.45, 7) is 2.02. The van der Waals surface area contributed by atoms with Crippen LogP contribution in [0.1, 0.15) is 5.69 Å². The first-order valence-electron chi connectivity index (χ1n) is 6.47. The third-order valence-corrected chi connectivity index (χ3v) is 3.52. The number of pyridine rings is 1. The summed E-state index contributed by atoms with van der Waals surface area (Å²) in [6.07, 6.45) is 7.42. The molecule has 0 atom stereocenters. The Balaban J connectivity index is 2.14. The van der Waals surface area contributed by atoms with Gasteiger partial charge in [-0.05, 0) is 30.0 Å². The number of nitrogens with zero attached hydrogens (tertiary/aromatic N) is 4. The molecule has 96 valence electrons. The summed E-state index contributed by atoms with van der Waals surface area (Å²) in [6, 6.07) is 10.2. The Hall–Kier alpha value is -2.75. The van der Waals surface area contributed by atoms with Crippen LogP contribution in [-0.2, 0) is 0 Å². The second-order valence-corrected chi connectivity index (χ2v) is 4.75. The zero-order valence-electron chi connectivity index (χ0n) is 11.0. The van der Waals surface area contributed by atoms with Crippen LogP contribution in [0, 0.1) is 6.92 Å². The van der Waals surface area contributed by atoms with Gasteiger partial charge in [-0.25, -0.2) is 9.50 Å². The van der Waals surface area contributed by atoms with Crippen LogP contribution in [-0.4, -0.2) is 19.6 Å². The van der Waals surface area contributed by atoms with Crippen molar-refractivity contribution in [2.75, 3.05) is 0 Å². The zero-order chi connectivity index (χ0) is 13.5. The van der Waals surface area contributed by atoms with Crippen molar-refractivity contribution in [1.29, 1.82) is 0 Å². The van der Waals surface area contributed by atoms with Crippen molar-refractivity contribution in [1.82, 2.24) is 19.6 Å². The van der Waals surface area contributed by atoms with E-state index >= 15 is 0 Å². The van der Waals surface area contributed by atoms with Crippen molar-refractivity contribution in [2.24, 2.45) is 0 Å². The van der Waals surface area contributed by atoms with E-state index in [0.717, 1.165) is 27.9 Å². The molecule has 4 heteroatoms. The molecule has 0 aliphatic rings. The van der Waals surface area contributed by atoms with Crippen LogP contribution in [0.15, 0.2) is 55.1 Å². The highest BCUT2D eigenvalue weighted by Gasteiger charge is 2.14. The molecular formula is C16H12N4. The van der Waals surface area contributed by atoms with E-state index in [-0.39, 0.29) is 0 Å². The van der Waals surface area contributed by atoms with Gasteiger partial charge in [-0.2, -0.15) is 5.10 Å². The highest BCUT2D eigenvalue weighted by molar-refractivity contribution is 5.99. The molecule has 3 heterocycles. The Morgan fingerprint density at radius 3 is 2.95 bits per heavy atom. The Kier molecular flexibility index (Phi) is 2.29. The summed E-state index contributed by atoms with van der Waals surface area (Å²) in [7, 11) is 0. The van der Waals surface area contributed by atoms with E-state index in [0.29, 0.717) is 0 Å². The summed E-state index contributed by atoms with van der Waals surface area (Å²) < 4.78 is 1.82. The molecule has 4 nitrogen and oxygen atoms in total. The lowest BCUT2D eigenvalue weighted by molar-refractivity contribution is 0.917. The molecule has 1 aromatic carbocycles. The molecule has 4 rings (SSSR count). The zero-order valence-corrected chi connectivity index (χ0v) is 11.0. The number of hydrogen-bond acceptors (Lipinski definition) is 3. The average molecular weight is 260 g/mol. The van der Waals surface area contributed by atoms with E-state index < -0.39 is 0 Å². The fourth-order valence-electron chi connectivity index (χ4n) is 2.65. The van der Waals surface area contributed by atoms with Gasteiger partial charge in [0.05, 0.1) is 11.3 Å². The van der Waals surface area contributed by atoms with Gasteiger partial charge in [-0.1, -0.05) is 18.2 Å². The van der Waals surface area contributed by atoms with E-state index in [9.17, 15) is 0 Å². The van der Waals surface area contributed by atoms with Gasteiger partial charge < -0.3 is 0 Å². The highest BCUT2D eigenvalue weighted by atomic mass is 15.2. The van der Waals surface area contributed by atoms with Crippen molar-refractivity contribution >= 4 is 16.4 Å². The van der Waals surface area contributed by atoms with Gasteiger partial charge in [0.2, 0.25) is 0 Å². The first-order valence-corrected chi connectivity index (χ1v) is 6.47. The van der Waals surface area contributed by atoms with Gasteiger partial charge in [-0.15, -0.1) is 0 Å². The standard InChI is InChI=1S/C16H12N4/c1-11-15(16-18-7-3-9-20(16)19-11)14-5-2-4-12-10-17-8-6-13(12)14/h2-10H,1H3. The second-order valence-electron chi connectivity index (χ2n) is 4.75. The number of aromatic nitrogens is 4. The van der Waals surface area contributed by atoms with Gasteiger partial charge in [0.25, 0.3) is 0 Å². The quantitative estimate of drug-likeness (QED) is 0.527. The lowest BCUT2D eigenvalue weighted by Crippen LogP contribution is -1.88. The highest BCUT2D eigenvalue weighted by Crippen LogP contribution is 2.32. The second kappa shape index (κ2) is 4.13. The first-order chi connectivity index (χ1) is 9.84. The molecule has 0 radical (unpaired) electrons. The summed E-state index contributed by atoms with van der Waals surface area (Å²) in [5.41, 5.74) is 4.10. The van der Waals surface area contributed by atoms with Crippen molar-refractivity contribution in [2.45, 2.75) is 6.92 Å². The molecule has 0 fully saturated rings. The van der Waals surface area contributed by atoms with E-state index in [1.54, 1.807) is 6.20 Å². The molecule has 0 spiro atoms. The van der Waals surface area contributed by atoms with Crippen LogP contribution in [0.25, 0.3) is 27.5 Å². The lowest BCUT2D eigenvalue weighted by Gasteiger charge is -2.05. The lowest BCUT2D eigenvalue weighted by atomic mass is 10.00. The van der Waals surface area contributed by atoms with Crippen LogP contribution < -0.4 is 0 Å². The monoisotopic (exact) mass is 260 g/mol. The van der Waals surface area contributed by atoms with E-state index in [1.165, 1.54) is 5.39 Å². The van der Waals surface area contributed by atoms with Gasteiger partial charge in [0.15, 0.2) is 5.65 Å². The van der Waals surface area contributed by atoms with Gasteiger partial charge >= 0.3 is 0 Å². The molecule has 0 N–H and O–H groups in total. The van der Waals surface area contributed by atoms with Gasteiger partial charge in [-0.3, -0.25) is 4.98 Å². The van der Waals surface area contributed by atoms with Crippen LogP contribution >= 0.6 is 0 Å². The SMILES string of the molecule is Cc1nn2cccnc2c1-c1cccc2cnccc12. The topological polar surface area (TPSA) is 43.1 Å². The maximum Gasteiger partial charge on any atom is 0.163 e. The number of benzene rings is 1. The minimum atomic E-state index is 0.884. The van der Waals surface area contributed by atoms with Crippen molar-refractivity contribution in [3.8, 4) is 11.1 Å². The molecule has 4 aromatic rings. The molecule has 0 aliphatic heterocycles. The first kappa shape index (κ1) is 11.1. The molecule has 20 heavy (non-hydrogen) atoms. The average Bonchev–Trinajstić information content (AvgIpc) is 2.82. The Labute approximate surface area is 115 Å². The predicted molar refractivity (Wildman–Crippen MR) is 78.5 cm³/mol. The molecular weight excluding hydrogens is 248 g/mol. The smallest absolute Gasteiger partial charge is 0.163 e. The van der Waals surface area contributed by atoms with E-state index in [4.69, 9.17) is 0 Å². The Bertz CT molecular complexity index is 919. The predicted octanol–water partition coefficient (Wildman–Crippen LogP) is 3.25. The van der Waals surface area contributed by atoms with Crippen LogP contribution in [0.5, 0.6) is 0 Å². The summed E-state index contributed by atoms with van der Waals surface area (Å²) in [4.78, 5) is 8.65. The fraction of sp³-hybridized carbons (Fsp3) is 0.0625. The van der Waals surface area contributed by atoms with E-state index in [2.05, 4.69) is 27.2 Å². The molecule has 0 aliphatic carbocycles. The van der Waals surface area contributed by atoms with Gasteiger partial charge in [0, 0.05) is 30.2 Å². The molecule has 0 bridgehead atoms. The van der Waals surface area contributed by atoms with Crippen molar-refractivity contribution < 1.29 is 0 Å². The third kappa shape index (κ3) is 1.51. The van der Waals surface area contributed by atoms with Crippen LogP contribution in [0.3, 0.4) is 0 Å². The normalized spacial score (nSPS) is 11.2. The Morgan fingerprint density at radius 2 is 2.00 bits per heavy atom. The molecule has 0 amide bonds. The van der Waals surface area contributed by atoms with Crippen LogP contribution in [0.2, 0.25) is 0 Å². The number of rotatable bonds is 1. The number of hydrogen-bond donors (Lipinski definition) is 0. The maximum atomic E-state index is 4.53. The molecule has 3 aromatic heterocycles. The number of fused-ring (bicyclic) bond motifs is 2. The van der Waals surface area contributed by atoms with E-state index in [1.807, 2.05) is 48.2 Å². The maximum absolute atomic E-state index is 4.53. The number of aryl methyl sites for hydroxylation is 1. The van der Waals surface area contributed by atoms with Crippen molar-refractivity contribution in [3.63, 3.8) is 0 Å². The molecule has 0 saturated heterocycles. The Morgan fingerprint density at radius 1 is 1.05 bits per heavy atom.